The van der Waals surface area contributed by atoms with Gasteiger partial charge in [-0.1, -0.05) is 49.7 Å². The lowest BCUT2D eigenvalue weighted by molar-refractivity contribution is -0.112. The first-order valence-electron chi connectivity index (χ1n) is 7.63. The molecule has 0 aromatic heterocycles. The summed E-state index contributed by atoms with van der Waals surface area (Å²) < 4.78 is 0. The van der Waals surface area contributed by atoms with Gasteiger partial charge in [-0.25, -0.2) is 4.99 Å². The zero-order chi connectivity index (χ0) is 15.7. The van der Waals surface area contributed by atoms with Crippen LogP contribution in [0.4, 0.5) is 11.4 Å². The molecule has 0 bridgehead atoms. The van der Waals surface area contributed by atoms with E-state index in [9.17, 15) is 4.79 Å². The number of hydrogen-bond donors (Lipinski definition) is 0. The molecule has 1 amide bonds. The van der Waals surface area contributed by atoms with E-state index in [4.69, 9.17) is 0 Å². The lowest BCUT2D eigenvalue weighted by Crippen LogP contribution is -2.33. The quantitative estimate of drug-likeness (QED) is 0.837. The van der Waals surface area contributed by atoms with Crippen molar-refractivity contribution < 1.29 is 4.79 Å². The van der Waals surface area contributed by atoms with Crippen molar-refractivity contribution >= 4 is 23.0 Å². The number of aryl methyl sites for hydroxylation is 1. The Morgan fingerprint density at radius 1 is 1.05 bits per heavy atom. The average Bonchev–Trinajstić information content (AvgIpc) is 2.75. The van der Waals surface area contributed by atoms with Crippen LogP contribution in [-0.4, -0.2) is 18.2 Å². The SMILES string of the molecule is Cc1ccc(N=C2C(=O)N(CC(C)C)c3ccccc32)cc1. The summed E-state index contributed by atoms with van der Waals surface area (Å²) >= 11 is 0. The second-order valence-corrected chi connectivity index (χ2v) is 6.12. The maximum Gasteiger partial charge on any atom is 0.277 e. The van der Waals surface area contributed by atoms with Crippen LogP contribution in [0.5, 0.6) is 0 Å². The molecule has 1 aliphatic rings. The monoisotopic (exact) mass is 292 g/mol. The lowest BCUT2D eigenvalue weighted by Gasteiger charge is -2.18. The van der Waals surface area contributed by atoms with Crippen LogP contribution in [0.2, 0.25) is 0 Å². The molecule has 0 spiro atoms. The molecule has 0 N–H and O–H groups in total. The molecule has 0 radical (unpaired) electrons. The first-order chi connectivity index (χ1) is 10.6. The highest BCUT2D eigenvalue weighted by Crippen LogP contribution is 2.31. The van der Waals surface area contributed by atoms with E-state index in [0.717, 1.165) is 16.9 Å². The van der Waals surface area contributed by atoms with Crippen molar-refractivity contribution in [1.29, 1.82) is 0 Å². The summed E-state index contributed by atoms with van der Waals surface area (Å²) in [6, 6.07) is 15.8. The number of fused-ring (bicyclic) bond motifs is 1. The third-order valence-corrected chi connectivity index (χ3v) is 3.72. The van der Waals surface area contributed by atoms with Gasteiger partial charge in [0.1, 0.15) is 5.71 Å². The predicted molar refractivity (Wildman–Crippen MR) is 91.0 cm³/mol. The Morgan fingerprint density at radius 2 is 1.73 bits per heavy atom. The van der Waals surface area contributed by atoms with Crippen molar-refractivity contribution in [3.05, 3.63) is 59.7 Å². The highest BCUT2D eigenvalue weighted by molar-refractivity contribution is 6.54. The predicted octanol–water partition coefficient (Wildman–Crippen LogP) is 4.12. The van der Waals surface area contributed by atoms with Crippen LogP contribution in [0.25, 0.3) is 0 Å². The second kappa shape index (κ2) is 5.76. The van der Waals surface area contributed by atoms with Gasteiger partial charge in [0.05, 0.1) is 11.4 Å². The fourth-order valence-electron chi connectivity index (χ4n) is 2.66. The van der Waals surface area contributed by atoms with E-state index in [1.165, 1.54) is 5.56 Å². The smallest absolute Gasteiger partial charge is 0.277 e. The molecular weight excluding hydrogens is 272 g/mol. The summed E-state index contributed by atoms with van der Waals surface area (Å²) in [5, 5.41) is 0. The van der Waals surface area contributed by atoms with E-state index in [1.807, 2.05) is 60.4 Å². The number of rotatable bonds is 3. The molecule has 2 aromatic rings. The summed E-state index contributed by atoms with van der Waals surface area (Å²) in [5.41, 5.74) is 4.43. The van der Waals surface area contributed by atoms with Crippen molar-refractivity contribution in [2.24, 2.45) is 10.9 Å². The normalized spacial score (nSPS) is 15.7. The van der Waals surface area contributed by atoms with Gasteiger partial charge in [-0.15, -0.1) is 0 Å². The van der Waals surface area contributed by atoms with Crippen LogP contribution in [0.15, 0.2) is 53.5 Å². The number of carbonyl (C=O) groups excluding carboxylic acids is 1. The molecular formula is C19H20N2O. The van der Waals surface area contributed by atoms with E-state index < -0.39 is 0 Å². The second-order valence-electron chi connectivity index (χ2n) is 6.12. The van der Waals surface area contributed by atoms with Gasteiger partial charge in [0.2, 0.25) is 0 Å². The van der Waals surface area contributed by atoms with E-state index in [-0.39, 0.29) is 5.91 Å². The van der Waals surface area contributed by atoms with Crippen LogP contribution in [0, 0.1) is 12.8 Å². The zero-order valence-electron chi connectivity index (χ0n) is 13.2. The number of para-hydroxylation sites is 1. The Kier molecular flexibility index (Phi) is 3.80. The van der Waals surface area contributed by atoms with Gasteiger partial charge in [0.15, 0.2) is 0 Å². The van der Waals surface area contributed by atoms with Gasteiger partial charge in [0.25, 0.3) is 5.91 Å². The summed E-state index contributed by atoms with van der Waals surface area (Å²) in [7, 11) is 0. The average molecular weight is 292 g/mol. The molecule has 0 unspecified atom stereocenters. The van der Waals surface area contributed by atoms with Gasteiger partial charge >= 0.3 is 0 Å². The molecule has 112 valence electrons. The van der Waals surface area contributed by atoms with Crippen molar-refractivity contribution in [2.45, 2.75) is 20.8 Å². The maximum atomic E-state index is 12.8. The van der Waals surface area contributed by atoms with Crippen LogP contribution >= 0.6 is 0 Å². The summed E-state index contributed by atoms with van der Waals surface area (Å²) in [6.07, 6.45) is 0. The fraction of sp³-hybridized carbons (Fsp3) is 0.263. The van der Waals surface area contributed by atoms with Crippen molar-refractivity contribution in [3.8, 4) is 0 Å². The Bertz CT molecular complexity index is 729. The highest BCUT2D eigenvalue weighted by atomic mass is 16.2. The van der Waals surface area contributed by atoms with E-state index in [2.05, 4.69) is 18.8 Å². The molecule has 2 aromatic carbocycles. The molecule has 1 aliphatic heterocycles. The molecule has 0 fully saturated rings. The minimum atomic E-state index is -0.00419. The molecule has 1 heterocycles. The van der Waals surface area contributed by atoms with Crippen molar-refractivity contribution in [2.75, 3.05) is 11.4 Å². The third-order valence-electron chi connectivity index (χ3n) is 3.72. The van der Waals surface area contributed by atoms with Gasteiger partial charge in [-0.05, 0) is 31.0 Å². The maximum absolute atomic E-state index is 12.8. The fourth-order valence-corrected chi connectivity index (χ4v) is 2.66. The molecule has 22 heavy (non-hydrogen) atoms. The largest absolute Gasteiger partial charge is 0.306 e. The number of nitrogens with zero attached hydrogens (tertiary/aromatic N) is 2. The van der Waals surface area contributed by atoms with Crippen LogP contribution in [0.3, 0.4) is 0 Å². The van der Waals surface area contributed by atoms with E-state index >= 15 is 0 Å². The van der Waals surface area contributed by atoms with Gasteiger partial charge in [-0.2, -0.15) is 0 Å². The van der Waals surface area contributed by atoms with Crippen molar-refractivity contribution in [1.82, 2.24) is 0 Å². The highest BCUT2D eigenvalue weighted by Gasteiger charge is 2.33. The number of hydrogen-bond acceptors (Lipinski definition) is 2. The zero-order valence-corrected chi connectivity index (χ0v) is 13.2. The molecule has 0 atom stereocenters. The minimum Gasteiger partial charge on any atom is -0.306 e. The standard InChI is InChI=1S/C19H20N2O/c1-13(2)12-21-17-7-5-4-6-16(17)18(19(21)22)20-15-10-8-14(3)9-11-15/h4-11,13H,12H2,1-3H3. The lowest BCUT2D eigenvalue weighted by atomic mass is 10.1. The molecule has 3 nitrogen and oxygen atoms in total. The van der Waals surface area contributed by atoms with Crippen LogP contribution < -0.4 is 4.90 Å². The van der Waals surface area contributed by atoms with Crippen LogP contribution in [0.1, 0.15) is 25.0 Å². The minimum absolute atomic E-state index is 0.00419. The van der Waals surface area contributed by atoms with Gasteiger partial charge in [0, 0.05) is 12.1 Å². The third kappa shape index (κ3) is 2.67. The Morgan fingerprint density at radius 3 is 2.41 bits per heavy atom. The van der Waals surface area contributed by atoms with Crippen molar-refractivity contribution in [3.63, 3.8) is 0 Å². The molecule has 3 heteroatoms. The summed E-state index contributed by atoms with van der Waals surface area (Å²) in [4.78, 5) is 19.2. The molecule has 0 saturated carbocycles. The Labute approximate surface area is 131 Å². The number of aliphatic imine (C=N–C) groups is 1. The number of anilines is 1. The first-order valence-corrected chi connectivity index (χ1v) is 7.63. The van der Waals surface area contributed by atoms with Crippen LogP contribution in [-0.2, 0) is 4.79 Å². The van der Waals surface area contributed by atoms with E-state index in [0.29, 0.717) is 18.2 Å². The number of carbonyl (C=O) groups is 1. The van der Waals surface area contributed by atoms with Gasteiger partial charge < -0.3 is 4.90 Å². The summed E-state index contributed by atoms with van der Waals surface area (Å²) in [5.74, 6) is 0.409. The van der Waals surface area contributed by atoms with Gasteiger partial charge in [-0.3, -0.25) is 4.79 Å². The Hall–Kier alpha value is -2.42. The number of amides is 1. The molecule has 0 saturated heterocycles. The first kappa shape index (κ1) is 14.5. The molecule has 3 rings (SSSR count). The Balaban J connectivity index is 2.05. The van der Waals surface area contributed by atoms with E-state index in [1.54, 1.807) is 0 Å². The molecule has 0 aliphatic carbocycles. The summed E-state index contributed by atoms with van der Waals surface area (Å²) in [6.45, 7) is 6.98. The number of benzene rings is 2. The topological polar surface area (TPSA) is 32.7 Å².